The van der Waals surface area contributed by atoms with E-state index in [0.29, 0.717) is 25.9 Å². The van der Waals surface area contributed by atoms with Crippen molar-refractivity contribution in [1.29, 1.82) is 0 Å². The van der Waals surface area contributed by atoms with Gasteiger partial charge in [0.1, 0.15) is 0 Å². The molecule has 1 unspecified atom stereocenters. The summed E-state index contributed by atoms with van der Waals surface area (Å²) < 4.78 is 0. The molecule has 3 amide bonds. The molecule has 2 heterocycles. The van der Waals surface area contributed by atoms with Gasteiger partial charge >= 0.3 is 6.03 Å². The van der Waals surface area contributed by atoms with Crippen LogP contribution in [-0.2, 0) is 11.2 Å². The molecule has 1 aliphatic heterocycles. The first-order chi connectivity index (χ1) is 11.5. The molecule has 0 saturated carbocycles. The number of nitrogens with one attached hydrogen (secondary N) is 3. The molecule has 0 radical (unpaired) electrons. The van der Waals surface area contributed by atoms with Gasteiger partial charge in [-0.25, -0.2) is 4.79 Å². The molecule has 24 heavy (non-hydrogen) atoms. The molecular formula is C18H24N4O2. The number of rotatable bonds is 4. The van der Waals surface area contributed by atoms with Crippen molar-refractivity contribution in [2.45, 2.75) is 32.2 Å². The minimum atomic E-state index is -0.168. The molecule has 1 atom stereocenters. The Morgan fingerprint density at radius 2 is 2.25 bits per heavy atom. The lowest BCUT2D eigenvalue weighted by Gasteiger charge is -2.30. The van der Waals surface area contributed by atoms with Crippen molar-refractivity contribution in [3.8, 4) is 0 Å². The number of nitrogens with zero attached hydrogens (tertiary/aromatic N) is 1. The minimum Gasteiger partial charge on any atom is -0.361 e. The molecule has 2 aromatic rings. The maximum atomic E-state index is 12.0. The Morgan fingerprint density at radius 1 is 1.42 bits per heavy atom. The second-order valence-corrected chi connectivity index (χ2v) is 6.47. The van der Waals surface area contributed by atoms with Gasteiger partial charge in [0, 0.05) is 49.7 Å². The highest BCUT2D eigenvalue weighted by Crippen LogP contribution is 2.21. The summed E-state index contributed by atoms with van der Waals surface area (Å²) in [6, 6.07) is 6.10. The third kappa shape index (κ3) is 3.53. The quantitative estimate of drug-likeness (QED) is 0.802. The number of likely N-dealkylation sites (N-methyl/N-ethyl adjacent to an activating group) is 1. The fourth-order valence-corrected chi connectivity index (χ4v) is 3.25. The van der Waals surface area contributed by atoms with Crippen molar-refractivity contribution in [2.75, 3.05) is 20.1 Å². The standard InChI is InChI=1S/C18H24N4O2/c1-12-4-3-5-15-13(10-20-17(12)15)8-9-19-18(24)21-14-6-7-16(23)22(2)11-14/h3-5,10,14,20H,6-9,11H2,1-2H3,(H2,19,21,24). The smallest absolute Gasteiger partial charge is 0.315 e. The van der Waals surface area contributed by atoms with E-state index >= 15 is 0 Å². The maximum absolute atomic E-state index is 12.0. The summed E-state index contributed by atoms with van der Waals surface area (Å²) in [4.78, 5) is 28.4. The zero-order valence-electron chi connectivity index (χ0n) is 14.2. The number of likely N-dealkylation sites (tertiary alicyclic amines) is 1. The van der Waals surface area contributed by atoms with Crippen molar-refractivity contribution < 1.29 is 9.59 Å². The lowest BCUT2D eigenvalue weighted by atomic mass is 10.1. The average Bonchev–Trinajstić information content (AvgIpc) is 2.96. The van der Waals surface area contributed by atoms with E-state index in [0.717, 1.165) is 11.9 Å². The highest BCUT2D eigenvalue weighted by atomic mass is 16.2. The Morgan fingerprint density at radius 3 is 3.04 bits per heavy atom. The van der Waals surface area contributed by atoms with E-state index in [2.05, 4.69) is 40.7 Å². The van der Waals surface area contributed by atoms with Crippen LogP contribution in [0.15, 0.2) is 24.4 Å². The molecule has 3 rings (SSSR count). The number of para-hydroxylation sites is 1. The van der Waals surface area contributed by atoms with Gasteiger partial charge in [-0.3, -0.25) is 4.79 Å². The topological polar surface area (TPSA) is 77.2 Å². The van der Waals surface area contributed by atoms with Crippen molar-refractivity contribution in [3.05, 3.63) is 35.5 Å². The number of aromatic amines is 1. The van der Waals surface area contributed by atoms with Gasteiger partial charge < -0.3 is 20.5 Å². The molecule has 1 fully saturated rings. The molecule has 1 saturated heterocycles. The first-order valence-corrected chi connectivity index (χ1v) is 8.38. The van der Waals surface area contributed by atoms with E-state index in [9.17, 15) is 9.59 Å². The number of amides is 3. The van der Waals surface area contributed by atoms with Gasteiger partial charge in [0.05, 0.1) is 0 Å². The van der Waals surface area contributed by atoms with Crippen molar-refractivity contribution >= 4 is 22.8 Å². The normalized spacial score (nSPS) is 18.0. The number of hydrogen-bond acceptors (Lipinski definition) is 2. The number of H-pyrrole nitrogens is 1. The van der Waals surface area contributed by atoms with Crippen LogP contribution in [0.3, 0.4) is 0 Å². The highest BCUT2D eigenvalue weighted by Gasteiger charge is 2.23. The van der Waals surface area contributed by atoms with Gasteiger partial charge in [0.15, 0.2) is 0 Å². The van der Waals surface area contributed by atoms with E-state index in [4.69, 9.17) is 0 Å². The van der Waals surface area contributed by atoms with Crippen molar-refractivity contribution in [3.63, 3.8) is 0 Å². The van der Waals surface area contributed by atoms with Crippen LogP contribution in [0, 0.1) is 6.92 Å². The van der Waals surface area contributed by atoms with E-state index in [-0.39, 0.29) is 18.0 Å². The van der Waals surface area contributed by atoms with Gasteiger partial charge in [-0.2, -0.15) is 0 Å². The summed E-state index contributed by atoms with van der Waals surface area (Å²) in [5.41, 5.74) is 3.59. The Hall–Kier alpha value is -2.50. The van der Waals surface area contributed by atoms with E-state index in [1.807, 2.05) is 6.20 Å². The van der Waals surface area contributed by atoms with E-state index in [1.165, 1.54) is 16.5 Å². The third-order valence-corrected chi connectivity index (χ3v) is 4.65. The molecule has 1 aliphatic rings. The molecule has 0 spiro atoms. The largest absolute Gasteiger partial charge is 0.361 e. The Bertz CT molecular complexity index is 753. The summed E-state index contributed by atoms with van der Waals surface area (Å²) in [7, 11) is 1.77. The Kier molecular flexibility index (Phi) is 4.74. The first-order valence-electron chi connectivity index (χ1n) is 8.38. The zero-order chi connectivity index (χ0) is 17.1. The van der Waals surface area contributed by atoms with E-state index in [1.54, 1.807) is 11.9 Å². The van der Waals surface area contributed by atoms with Gasteiger partial charge in [0.2, 0.25) is 5.91 Å². The number of aromatic nitrogens is 1. The fourth-order valence-electron chi connectivity index (χ4n) is 3.25. The third-order valence-electron chi connectivity index (χ3n) is 4.65. The van der Waals surface area contributed by atoms with Gasteiger partial charge in [-0.15, -0.1) is 0 Å². The second-order valence-electron chi connectivity index (χ2n) is 6.47. The average molecular weight is 328 g/mol. The summed E-state index contributed by atoms with van der Waals surface area (Å²) in [6.07, 6.45) is 3.99. The molecular weight excluding hydrogens is 304 g/mol. The zero-order valence-corrected chi connectivity index (χ0v) is 14.2. The summed E-state index contributed by atoms with van der Waals surface area (Å²) in [5.74, 6) is 0.142. The highest BCUT2D eigenvalue weighted by molar-refractivity contribution is 5.86. The van der Waals surface area contributed by atoms with Gasteiger partial charge in [-0.1, -0.05) is 18.2 Å². The van der Waals surface area contributed by atoms with Crippen LogP contribution in [0.25, 0.3) is 10.9 Å². The van der Waals surface area contributed by atoms with Crippen molar-refractivity contribution in [1.82, 2.24) is 20.5 Å². The maximum Gasteiger partial charge on any atom is 0.315 e. The predicted molar refractivity (Wildman–Crippen MR) is 93.9 cm³/mol. The number of piperidine rings is 1. The predicted octanol–water partition coefficient (Wildman–Crippen LogP) is 1.94. The molecule has 1 aromatic carbocycles. The summed E-state index contributed by atoms with van der Waals surface area (Å²) in [5, 5.41) is 7.06. The van der Waals surface area contributed by atoms with Crippen LogP contribution >= 0.6 is 0 Å². The molecule has 6 nitrogen and oxygen atoms in total. The van der Waals surface area contributed by atoms with Gasteiger partial charge in [0.25, 0.3) is 0 Å². The molecule has 128 valence electrons. The summed E-state index contributed by atoms with van der Waals surface area (Å²) in [6.45, 7) is 3.24. The first kappa shape index (κ1) is 16.4. The number of fused-ring (bicyclic) bond motifs is 1. The monoisotopic (exact) mass is 328 g/mol. The van der Waals surface area contributed by atoms with Crippen LogP contribution in [0.1, 0.15) is 24.0 Å². The molecule has 0 bridgehead atoms. The lowest BCUT2D eigenvalue weighted by Crippen LogP contribution is -2.51. The van der Waals surface area contributed by atoms with Gasteiger partial charge in [-0.05, 0) is 30.9 Å². The number of carbonyl (C=O) groups is 2. The molecule has 6 heteroatoms. The number of aryl methyl sites for hydroxylation is 1. The van der Waals surface area contributed by atoms with Crippen molar-refractivity contribution in [2.24, 2.45) is 0 Å². The van der Waals surface area contributed by atoms with E-state index < -0.39 is 0 Å². The number of benzene rings is 1. The Balaban J connectivity index is 1.48. The molecule has 1 aromatic heterocycles. The minimum absolute atomic E-state index is 0.0310. The van der Waals surface area contributed by atoms with Crippen LogP contribution < -0.4 is 10.6 Å². The Labute approximate surface area is 141 Å². The number of urea groups is 1. The molecule has 0 aliphatic carbocycles. The van der Waals surface area contributed by atoms with Crippen LogP contribution in [0.5, 0.6) is 0 Å². The number of hydrogen-bond donors (Lipinski definition) is 3. The lowest BCUT2D eigenvalue weighted by molar-refractivity contribution is -0.132. The van der Waals surface area contributed by atoms with Crippen LogP contribution in [-0.4, -0.2) is 48.0 Å². The molecule has 3 N–H and O–H groups in total. The SMILES string of the molecule is Cc1cccc2c(CCNC(=O)NC3CCC(=O)N(C)C3)c[nH]c12. The van der Waals surface area contributed by atoms with Crippen LogP contribution in [0.4, 0.5) is 4.79 Å². The second kappa shape index (κ2) is 6.95. The summed E-state index contributed by atoms with van der Waals surface area (Å²) >= 11 is 0. The number of carbonyl (C=O) groups excluding carboxylic acids is 2. The van der Waals surface area contributed by atoms with Crippen LogP contribution in [0.2, 0.25) is 0 Å². The fraction of sp³-hybridized carbons (Fsp3) is 0.444.